The minimum atomic E-state index is -1.12. The van der Waals surface area contributed by atoms with Gasteiger partial charge in [-0.25, -0.2) is 9.18 Å². The van der Waals surface area contributed by atoms with Crippen molar-refractivity contribution >= 4 is 17.8 Å². The van der Waals surface area contributed by atoms with E-state index in [1.165, 1.54) is 30.5 Å². The summed E-state index contributed by atoms with van der Waals surface area (Å²) in [6, 6.07) is 8.52. The van der Waals surface area contributed by atoms with Gasteiger partial charge in [0.15, 0.2) is 0 Å². The molecule has 2 amide bonds. The molecule has 1 aromatic heterocycles. The number of nitrogens with zero attached hydrogens (tertiary/aromatic N) is 3. The molecule has 0 unspecified atom stereocenters. The number of rotatable bonds is 4. The number of carbonyl (C=O) groups is 3. The van der Waals surface area contributed by atoms with Crippen LogP contribution in [-0.4, -0.2) is 63.9 Å². The lowest BCUT2D eigenvalue weighted by atomic mass is 10.1. The Morgan fingerprint density at radius 1 is 1.04 bits per heavy atom. The molecular weight excluding hydrogens is 365 g/mol. The molecule has 146 valence electrons. The van der Waals surface area contributed by atoms with E-state index in [4.69, 9.17) is 5.11 Å². The predicted molar refractivity (Wildman–Crippen MR) is 98.4 cm³/mol. The van der Waals surface area contributed by atoms with Crippen LogP contribution >= 0.6 is 0 Å². The summed E-state index contributed by atoms with van der Waals surface area (Å²) in [6.45, 7) is 1.63. The van der Waals surface area contributed by atoms with Crippen LogP contribution in [0.5, 0.6) is 0 Å². The van der Waals surface area contributed by atoms with Crippen molar-refractivity contribution in [3.05, 3.63) is 65.2 Å². The highest BCUT2D eigenvalue weighted by molar-refractivity contribution is 5.95. The van der Waals surface area contributed by atoms with Crippen LogP contribution in [0, 0.1) is 5.82 Å². The number of benzene rings is 1. The number of aromatic carboxylic acids is 1. The standard InChI is InChI=1S/C20H20FN3O4/c21-16-4-1-3-14(11-16)12-18(25)23-7-2-8-24(10-9-23)19(26)17-13-15(20(27)28)5-6-22-17/h1,3-6,11,13H,2,7-10,12H2,(H,27,28). The topological polar surface area (TPSA) is 90.8 Å². The second kappa shape index (κ2) is 8.60. The number of pyridine rings is 1. The number of aromatic nitrogens is 1. The summed E-state index contributed by atoms with van der Waals surface area (Å²) in [5.74, 6) is -1.98. The third-order valence-electron chi connectivity index (χ3n) is 4.61. The SMILES string of the molecule is O=C(O)c1ccnc(C(=O)N2CCCN(C(=O)Cc3cccc(F)c3)CC2)c1. The van der Waals surface area contributed by atoms with E-state index in [0.717, 1.165) is 0 Å². The van der Waals surface area contributed by atoms with Gasteiger partial charge >= 0.3 is 5.97 Å². The summed E-state index contributed by atoms with van der Waals surface area (Å²) < 4.78 is 13.3. The molecule has 28 heavy (non-hydrogen) atoms. The number of carboxylic acid groups (broad SMARTS) is 1. The van der Waals surface area contributed by atoms with Crippen LogP contribution in [0.1, 0.15) is 32.8 Å². The van der Waals surface area contributed by atoms with Crippen LogP contribution in [0.2, 0.25) is 0 Å². The fraction of sp³-hybridized carbons (Fsp3) is 0.300. The smallest absolute Gasteiger partial charge is 0.335 e. The fourth-order valence-corrected chi connectivity index (χ4v) is 3.15. The highest BCUT2D eigenvalue weighted by Gasteiger charge is 2.24. The Morgan fingerprint density at radius 2 is 1.79 bits per heavy atom. The Hall–Kier alpha value is -3.29. The minimum Gasteiger partial charge on any atom is -0.478 e. The van der Waals surface area contributed by atoms with Gasteiger partial charge in [0, 0.05) is 32.4 Å². The lowest BCUT2D eigenvalue weighted by molar-refractivity contribution is -0.130. The molecule has 1 aliphatic heterocycles. The van der Waals surface area contributed by atoms with Crippen LogP contribution in [0.15, 0.2) is 42.6 Å². The summed E-state index contributed by atoms with van der Waals surface area (Å²) >= 11 is 0. The first-order valence-corrected chi connectivity index (χ1v) is 8.95. The van der Waals surface area contributed by atoms with Crippen LogP contribution in [-0.2, 0) is 11.2 Å². The Kier molecular flexibility index (Phi) is 5.98. The lowest BCUT2D eigenvalue weighted by Gasteiger charge is -2.22. The zero-order chi connectivity index (χ0) is 20.1. The Morgan fingerprint density at radius 3 is 2.54 bits per heavy atom. The minimum absolute atomic E-state index is 0.0000644. The van der Waals surface area contributed by atoms with E-state index < -0.39 is 5.97 Å². The molecule has 0 radical (unpaired) electrons. The Balaban J connectivity index is 1.62. The van der Waals surface area contributed by atoms with Crippen molar-refractivity contribution in [3.63, 3.8) is 0 Å². The number of carboxylic acids is 1. The third kappa shape index (κ3) is 4.70. The van der Waals surface area contributed by atoms with Gasteiger partial charge < -0.3 is 14.9 Å². The molecule has 1 saturated heterocycles. The van der Waals surface area contributed by atoms with E-state index in [-0.39, 0.29) is 35.3 Å². The average molecular weight is 385 g/mol. The van der Waals surface area contributed by atoms with Crippen molar-refractivity contribution in [2.24, 2.45) is 0 Å². The van der Waals surface area contributed by atoms with Gasteiger partial charge in [-0.15, -0.1) is 0 Å². The van der Waals surface area contributed by atoms with E-state index in [0.29, 0.717) is 38.2 Å². The molecule has 1 fully saturated rings. The van der Waals surface area contributed by atoms with Crippen molar-refractivity contribution in [2.75, 3.05) is 26.2 Å². The molecule has 1 aromatic carbocycles. The third-order valence-corrected chi connectivity index (χ3v) is 4.61. The highest BCUT2D eigenvalue weighted by atomic mass is 19.1. The molecule has 2 aromatic rings. The van der Waals surface area contributed by atoms with Gasteiger partial charge in [0.1, 0.15) is 11.5 Å². The second-order valence-corrected chi connectivity index (χ2v) is 6.57. The maximum absolute atomic E-state index is 13.3. The first-order chi connectivity index (χ1) is 13.4. The maximum Gasteiger partial charge on any atom is 0.335 e. The number of carbonyl (C=O) groups excluding carboxylic acids is 2. The van der Waals surface area contributed by atoms with Crippen molar-refractivity contribution in [1.29, 1.82) is 0 Å². The van der Waals surface area contributed by atoms with Crippen molar-refractivity contribution in [2.45, 2.75) is 12.8 Å². The predicted octanol–water partition coefficient (Wildman–Crippen LogP) is 1.84. The number of amides is 2. The summed E-state index contributed by atoms with van der Waals surface area (Å²) in [4.78, 5) is 43.5. The maximum atomic E-state index is 13.3. The molecule has 1 aliphatic rings. The summed E-state index contributed by atoms with van der Waals surface area (Å²) in [6.07, 6.45) is 2.00. The number of hydrogen-bond acceptors (Lipinski definition) is 4. The second-order valence-electron chi connectivity index (χ2n) is 6.57. The molecule has 0 bridgehead atoms. The van der Waals surface area contributed by atoms with Crippen LogP contribution in [0.4, 0.5) is 4.39 Å². The number of halogens is 1. The monoisotopic (exact) mass is 385 g/mol. The van der Waals surface area contributed by atoms with Crippen LogP contribution < -0.4 is 0 Å². The highest BCUT2D eigenvalue weighted by Crippen LogP contribution is 2.12. The Bertz CT molecular complexity index is 903. The molecular formula is C20H20FN3O4. The first-order valence-electron chi connectivity index (χ1n) is 8.95. The lowest BCUT2D eigenvalue weighted by Crippen LogP contribution is -2.38. The van der Waals surface area contributed by atoms with Gasteiger partial charge in [-0.05, 0) is 36.2 Å². The zero-order valence-electron chi connectivity index (χ0n) is 15.2. The van der Waals surface area contributed by atoms with Gasteiger partial charge in [-0.3, -0.25) is 14.6 Å². The Labute approximate surface area is 161 Å². The van der Waals surface area contributed by atoms with Gasteiger partial charge in [-0.1, -0.05) is 12.1 Å². The van der Waals surface area contributed by atoms with E-state index in [2.05, 4.69) is 4.98 Å². The molecule has 0 aliphatic carbocycles. The quantitative estimate of drug-likeness (QED) is 0.867. The molecule has 3 rings (SSSR count). The zero-order valence-corrected chi connectivity index (χ0v) is 15.2. The van der Waals surface area contributed by atoms with E-state index in [9.17, 15) is 18.8 Å². The van der Waals surface area contributed by atoms with Gasteiger partial charge in [0.25, 0.3) is 5.91 Å². The number of hydrogen-bond donors (Lipinski definition) is 1. The average Bonchev–Trinajstić information content (AvgIpc) is 2.94. The molecule has 8 heteroatoms. The largest absolute Gasteiger partial charge is 0.478 e. The summed E-state index contributed by atoms with van der Waals surface area (Å²) in [5, 5.41) is 9.06. The molecule has 2 heterocycles. The fourth-order valence-electron chi connectivity index (χ4n) is 3.15. The van der Waals surface area contributed by atoms with Gasteiger partial charge in [0.05, 0.1) is 12.0 Å². The van der Waals surface area contributed by atoms with E-state index in [1.807, 2.05) is 0 Å². The molecule has 0 saturated carbocycles. The first kappa shape index (κ1) is 19.5. The van der Waals surface area contributed by atoms with E-state index in [1.54, 1.807) is 21.9 Å². The van der Waals surface area contributed by atoms with Crippen molar-refractivity contribution < 1.29 is 23.9 Å². The van der Waals surface area contributed by atoms with Gasteiger partial charge in [-0.2, -0.15) is 0 Å². The molecule has 7 nitrogen and oxygen atoms in total. The molecule has 0 spiro atoms. The normalized spacial score (nSPS) is 14.5. The molecule has 1 N–H and O–H groups in total. The van der Waals surface area contributed by atoms with Crippen molar-refractivity contribution in [1.82, 2.24) is 14.8 Å². The van der Waals surface area contributed by atoms with Crippen LogP contribution in [0.25, 0.3) is 0 Å². The van der Waals surface area contributed by atoms with Crippen molar-refractivity contribution in [3.8, 4) is 0 Å². The summed E-state index contributed by atoms with van der Waals surface area (Å²) in [7, 11) is 0. The molecule has 0 atom stereocenters. The summed E-state index contributed by atoms with van der Waals surface area (Å²) in [5.41, 5.74) is 0.677. The van der Waals surface area contributed by atoms with E-state index >= 15 is 0 Å². The van der Waals surface area contributed by atoms with Gasteiger partial charge in [0.2, 0.25) is 5.91 Å². The van der Waals surface area contributed by atoms with Crippen LogP contribution in [0.3, 0.4) is 0 Å².